The first-order valence-electron chi connectivity index (χ1n) is 7.33. The van der Waals surface area contributed by atoms with Gasteiger partial charge in [0.1, 0.15) is 4.90 Å². The van der Waals surface area contributed by atoms with Crippen molar-refractivity contribution in [3.05, 3.63) is 15.8 Å². The highest BCUT2D eigenvalue weighted by Gasteiger charge is 2.23. The molecule has 1 aromatic rings. The molecule has 0 atom stereocenters. The Balaban J connectivity index is 1.93. The lowest BCUT2D eigenvalue weighted by molar-refractivity contribution is 0.250. The van der Waals surface area contributed by atoms with E-state index in [9.17, 15) is 13.5 Å². The predicted octanol–water partition coefficient (Wildman–Crippen LogP) is 1.70. The first-order chi connectivity index (χ1) is 9.95. The van der Waals surface area contributed by atoms with Crippen LogP contribution in [0.25, 0.3) is 0 Å². The Bertz CT molecular complexity index is 563. The molecule has 1 saturated carbocycles. The van der Waals surface area contributed by atoms with E-state index in [1.165, 1.54) is 37.0 Å². The fourth-order valence-electron chi connectivity index (χ4n) is 2.91. The number of aliphatic hydroxyl groups is 1. The highest BCUT2D eigenvalue weighted by Crippen LogP contribution is 2.26. The topological polar surface area (TPSA) is 69.6 Å². The summed E-state index contributed by atoms with van der Waals surface area (Å²) in [5, 5.41) is 11.0. The van der Waals surface area contributed by atoms with Crippen molar-refractivity contribution < 1.29 is 13.5 Å². The van der Waals surface area contributed by atoms with Gasteiger partial charge in [0.05, 0.1) is 11.5 Å². The van der Waals surface area contributed by atoms with Crippen LogP contribution in [0.1, 0.15) is 36.1 Å². The Kier molecular flexibility index (Phi) is 5.79. The quantitative estimate of drug-likeness (QED) is 0.797. The van der Waals surface area contributed by atoms with E-state index in [1.807, 2.05) is 0 Å². The van der Waals surface area contributed by atoms with E-state index in [0.717, 1.165) is 0 Å². The van der Waals surface area contributed by atoms with Crippen molar-refractivity contribution in [2.45, 2.75) is 50.2 Å². The van der Waals surface area contributed by atoms with Gasteiger partial charge in [-0.2, -0.15) is 0 Å². The van der Waals surface area contributed by atoms with Crippen molar-refractivity contribution in [1.82, 2.24) is 9.62 Å². The third kappa shape index (κ3) is 4.04. The average molecular weight is 332 g/mol. The minimum Gasteiger partial charge on any atom is -0.391 e. The Labute approximate surface area is 131 Å². The van der Waals surface area contributed by atoms with E-state index in [4.69, 9.17) is 0 Å². The van der Waals surface area contributed by atoms with Crippen LogP contribution in [-0.4, -0.2) is 44.6 Å². The van der Waals surface area contributed by atoms with Gasteiger partial charge in [0.2, 0.25) is 10.0 Å². The summed E-state index contributed by atoms with van der Waals surface area (Å²) in [6, 6.07) is 0.588. The number of nitrogens with zero attached hydrogens (tertiary/aromatic N) is 1. The van der Waals surface area contributed by atoms with Crippen molar-refractivity contribution in [1.29, 1.82) is 0 Å². The molecule has 1 aromatic heterocycles. The van der Waals surface area contributed by atoms with E-state index in [0.29, 0.717) is 29.6 Å². The Morgan fingerprint density at radius 2 is 2.10 bits per heavy atom. The minimum atomic E-state index is -3.54. The number of sulfonamides is 1. The van der Waals surface area contributed by atoms with Gasteiger partial charge in [0, 0.05) is 19.1 Å². The summed E-state index contributed by atoms with van der Waals surface area (Å²) in [7, 11) is -1.48. The van der Waals surface area contributed by atoms with Crippen LogP contribution in [0.2, 0.25) is 0 Å². The molecule has 7 heteroatoms. The Hall–Kier alpha value is -0.470. The van der Waals surface area contributed by atoms with Gasteiger partial charge in [-0.1, -0.05) is 12.8 Å². The summed E-state index contributed by atoms with van der Waals surface area (Å²) in [5.41, 5.74) is 0.695. The lowest BCUT2D eigenvalue weighted by atomic mass is 10.2. The summed E-state index contributed by atoms with van der Waals surface area (Å²) in [6.45, 7) is 2.63. The van der Waals surface area contributed by atoms with Gasteiger partial charge in [-0.25, -0.2) is 13.1 Å². The summed E-state index contributed by atoms with van der Waals surface area (Å²) in [6.07, 6.45) is 4.96. The van der Waals surface area contributed by atoms with Crippen LogP contribution in [0.3, 0.4) is 0 Å². The van der Waals surface area contributed by atoms with Crippen molar-refractivity contribution in [2.24, 2.45) is 0 Å². The van der Waals surface area contributed by atoms with Gasteiger partial charge in [-0.3, -0.25) is 0 Å². The maximum atomic E-state index is 12.4. The summed E-state index contributed by atoms with van der Waals surface area (Å²) in [4.78, 5) is 2.99. The van der Waals surface area contributed by atoms with E-state index in [-0.39, 0.29) is 11.5 Å². The first kappa shape index (κ1) is 16.9. The maximum Gasteiger partial charge on any atom is 0.242 e. The molecule has 0 bridgehead atoms. The molecule has 2 N–H and O–H groups in total. The summed E-state index contributed by atoms with van der Waals surface area (Å²) in [5.74, 6) is 0. The van der Waals surface area contributed by atoms with Crippen molar-refractivity contribution >= 4 is 21.4 Å². The van der Waals surface area contributed by atoms with Gasteiger partial charge in [-0.15, -0.1) is 11.3 Å². The number of aryl methyl sites for hydroxylation is 1. The highest BCUT2D eigenvalue weighted by molar-refractivity contribution is 7.89. The molecule has 1 aliphatic rings. The second-order valence-corrected chi connectivity index (χ2v) is 8.31. The molecule has 0 radical (unpaired) electrons. The second kappa shape index (κ2) is 7.19. The van der Waals surface area contributed by atoms with E-state index in [1.54, 1.807) is 12.3 Å². The van der Waals surface area contributed by atoms with Crippen LogP contribution in [0.15, 0.2) is 10.3 Å². The van der Waals surface area contributed by atoms with Crippen LogP contribution in [0.5, 0.6) is 0 Å². The molecule has 0 aromatic carbocycles. The minimum absolute atomic E-state index is 0.239. The van der Waals surface area contributed by atoms with Crippen LogP contribution in [0, 0.1) is 6.92 Å². The largest absolute Gasteiger partial charge is 0.391 e. The highest BCUT2D eigenvalue weighted by atomic mass is 32.2. The fourth-order valence-corrected chi connectivity index (χ4v) is 5.59. The summed E-state index contributed by atoms with van der Waals surface area (Å²) >= 11 is 1.28. The zero-order valence-corrected chi connectivity index (χ0v) is 14.3. The van der Waals surface area contributed by atoms with Crippen LogP contribution in [-0.2, 0) is 16.6 Å². The zero-order valence-electron chi connectivity index (χ0n) is 12.6. The number of hydrogen-bond acceptors (Lipinski definition) is 5. The van der Waals surface area contributed by atoms with Crippen molar-refractivity contribution in [2.75, 3.05) is 20.1 Å². The van der Waals surface area contributed by atoms with Gasteiger partial charge >= 0.3 is 0 Å². The van der Waals surface area contributed by atoms with Crippen LogP contribution >= 0.6 is 11.3 Å². The number of aliphatic hydroxyl groups excluding tert-OH is 1. The van der Waals surface area contributed by atoms with Crippen LogP contribution in [0.4, 0.5) is 0 Å². The molecule has 0 spiro atoms. The predicted molar refractivity (Wildman–Crippen MR) is 85.1 cm³/mol. The number of thiophene rings is 1. The first-order valence-corrected chi connectivity index (χ1v) is 9.69. The van der Waals surface area contributed by atoms with Crippen molar-refractivity contribution in [3.63, 3.8) is 0 Å². The Morgan fingerprint density at radius 3 is 2.71 bits per heavy atom. The van der Waals surface area contributed by atoms with Gasteiger partial charge < -0.3 is 10.0 Å². The molecule has 0 amide bonds. The molecule has 0 unspecified atom stereocenters. The molecular weight excluding hydrogens is 308 g/mol. The number of hydrogen-bond donors (Lipinski definition) is 2. The lowest BCUT2D eigenvalue weighted by Gasteiger charge is -2.23. The second-order valence-electron chi connectivity index (χ2n) is 5.65. The molecule has 1 heterocycles. The number of rotatable bonds is 7. The molecule has 2 rings (SSSR count). The number of likely N-dealkylation sites (N-methyl/N-ethyl adjacent to an activating group) is 1. The van der Waals surface area contributed by atoms with E-state index < -0.39 is 10.0 Å². The average Bonchev–Trinajstić information content (AvgIpc) is 3.07. The molecule has 0 saturated heterocycles. The smallest absolute Gasteiger partial charge is 0.242 e. The third-order valence-electron chi connectivity index (χ3n) is 4.11. The van der Waals surface area contributed by atoms with Crippen molar-refractivity contribution in [3.8, 4) is 0 Å². The molecule has 120 valence electrons. The van der Waals surface area contributed by atoms with E-state index in [2.05, 4.69) is 16.7 Å². The molecule has 1 aliphatic carbocycles. The maximum absolute atomic E-state index is 12.4. The van der Waals surface area contributed by atoms with Crippen LogP contribution < -0.4 is 4.72 Å². The van der Waals surface area contributed by atoms with Gasteiger partial charge in [0.15, 0.2) is 0 Å². The standard InChI is InChI=1S/C14H24N2O3S2/c1-11-10-20-13(9-17)14(11)21(18,19)15-7-8-16(2)12-5-3-4-6-12/h10,12,15,17H,3-9H2,1-2H3. The van der Waals surface area contributed by atoms with Gasteiger partial charge in [0.25, 0.3) is 0 Å². The SMILES string of the molecule is Cc1csc(CO)c1S(=O)(=O)NCCN(C)C1CCCC1. The lowest BCUT2D eigenvalue weighted by Crippen LogP contribution is -2.37. The molecule has 21 heavy (non-hydrogen) atoms. The van der Waals surface area contributed by atoms with Gasteiger partial charge in [-0.05, 0) is 37.8 Å². The monoisotopic (exact) mass is 332 g/mol. The van der Waals surface area contributed by atoms with E-state index >= 15 is 0 Å². The molecular formula is C14H24N2O3S2. The summed E-state index contributed by atoms with van der Waals surface area (Å²) < 4.78 is 27.4. The fraction of sp³-hybridized carbons (Fsp3) is 0.714. The molecule has 1 fully saturated rings. The zero-order chi connectivity index (χ0) is 15.5. The number of nitrogens with one attached hydrogen (secondary N) is 1. The Morgan fingerprint density at radius 1 is 1.43 bits per heavy atom. The molecule has 5 nitrogen and oxygen atoms in total. The normalized spacial score (nSPS) is 17.0. The molecule has 0 aliphatic heterocycles. The third-order valence-corrected chi connectivity index (χ3v) is 7.01.